The molecule has 1 N–H and O–H groups in total. The Morgan fingerprint density at radius 3 is 2.53 bits per heavy atom. The molecule has 106 valence electrons. The summed E-state index contributed by atoms with van der Waals surface area (Å²) in [6.45, 7) is 2.50. The average Bonchev–Trinajstić information content (AvgIpc) is 3.04. The van der Waals surface area contributed by atoms with Crippen LogP contribution in [0.15, 0.2) is 34.7 Å². The standard InChI is InChI=1S/C13H20O.C3H5NS/c1-2-3-7-13(10-11-14)12-8-5-4-6-9-12;1-2-4-5-3-1/h4-6,8-9,13-14H,2-3,7,10-11H2,1H3;2H,1,3H2. The first-order valence-corrected chi connectivity index (χ1v) is 8.12. The number of hydrogen-bond acceptors (Lipinski definition) is 3. The molecule has 0 aromatic heterocycles. The molecule has 1 heterocycles. The minimum absolute atomic E-state index is 0.295. The van der Waals surface area contributed by atoms with E-state index in [4.69, 9.17) is 5.11 Å². The van der Waals surface area contributed by atoms with Crippen molar-refractivity contribution in [1.29, 1.82) is 0 Å². The lowest BCUT2D eigenvalue weighted by Gasteiger charge is -2.15. The van der Waals surface area contributed by atoms with Gasteiger partial charge in [-0.3, -0.25) is 0 Å². The third-order valence-corrected chi connectivity index (χ3v) is 3.86. The number of nitrogens with zero attached hydrogens (tertiary/aromatic N) is 1. The molecule has 1 aliphatic heterocycles. The van der Waals surface area contributed by atoms with Crippen molar-refractivity contribution in [1.82, 2.24) is 0 Å². The van der Waals surface area contributed by atoms with Crippen molar-refractivity contribution in [2.24, 2.45) is 4.40 Å². The molecule has 0 radical (unpaired) electrons. The van der Waals surface area contributed by atoms with Crippen LogP contribution in [0.2, 0.25) is 0 Å². The van der Waals surface area contributed by atoms with Gasteiger partial charge in [-0.15, -0.1) is 0 Å². The summed E-state index contributed by atoms with van der Waals surface area (Å²) in [7, 11) is 0. The predicted molar refractivity (Wildman–Crippen MR) is 86.0 cm³/mol. The number of unbranched alkanes of at least 4 members (excludes halogenated alkanes) is 1. The summed E-state index contributed by atoms with van der Waals surface area (Å²) < 4.78 is 3.88. The first-order chi connectivity index (χ1) is 9.38. The summed E-state index contributed by atoms with van der Waals surface area (Å²) in [6, 6.07) is 10.5. The molecule has 0 aliphatic carbocycles. The minimum atomic E-state index is 0.295. The fraction of sp³-hybridized carbons (Fsp3) is 0.562. The summed E-state index contributed by atoms with van der Waals surface area (Å²) in [5.41, 5.74) is 1.37. The van der Waals surface area contributed by atoms with E-state index in [1.165, 1.54) is 37.0 Å². The van der Waals surface area contributed by atoms with Crippen LogP contribution in [0.5, 0.6) is 0 Å². The van der Waals surface area contributed by atoms with Gasteiger partial charge in [0.15, 0.2) is 0 Å². The zero-order valence-electron chi connectivity index (χ0n) is 11.8. The van der Waals surface area contributed by atoms with E-state index in [1.807, 2.05) is 12.3 Å². The third-order valence-electron chi connectivity index (χ3n) is 3.14. The number of hydrogen-bond donors (Lipinski definition) is 1. The van der Waals surface area contributed by atoms with Crippen LogP contribution in [-0.2, 0) is 0 Å². The largest absolute Gasteiger partial charge is 0.396 e. The molecule has 1 atom stereocenters. The van der Waals surface area contributed by atoms with Gasteiger partial charge in [0, 0.05) is 18.6 Å². The van der Waals surface area contributed by atoms with Crippen LogP contribution in [0.3, 0.4) is 0 Å². The van der Waals surface area contributed by atoms with Crippen molar-refractivity contribution < 1.29 is 5.11 Å². The topological polar surface area (TPSA) is 32.6 Å². The lowest BCUT2D eigenvalue weighted by Crippen LogP contribution is -2.01. The van der Waals surface area contributed by atoms with Crippen molar-refractivity contribution in [3.05, 3.63) is 35.9 Å². The number of rotatable bonds is 6. The van der Waals surface area contributed by atoms with E-state index in [0.29, 0.717) is 12.5 Å². The molecule has 0 saturated heterocycles. The number of aliphatic hydroxyl groups is 1. The van der Waals surface area contributed by atoms with Gasteiger partial charge in [-0.25, -0.2) is 4.40 Å². The molecular formula is C16H25NOS. The molecule has 0 fully saturated rings. The molecule has 0 amide bonds. The molecule has 1 unspecified atom stereocenters. The van der Waals surface area contributed by atoms with Gasteiger partial charge in [-0.2, -0.15) is 0 Å². The van der Waals surface area contributed by atoms with Gasteiger partial charge >= 0.3 is 0 Å². The molecule has 0 bridgehead atoms. The zero-order chi connectivity index (χ0) is 13.8. The van der Waals surface area contributed by atoms with Gasteiger partial charge in [-0.05, 0) is 42.7 Å². The van der Waals surface area contributed by atoms with Gasteiger partial charge in [0.25, 0.3) is 0 Å². The summed E-state index contributed by atoms with van der Waals surface area (Å²) >= 11 is 1.64. The van der Waals surface area contributed by atoms with Crippen molar-refractivity contribution in [3.63, 3.8) is 0 Å². The van der Waals surface area contributed by atoms with Crippen molar-refractivity contribution >= 4 is 18.2 Å². The zero-order valence-corrected chi connectivity index (χ0v) is 12.6. The van der Waals surface area contributed by atoms with Gasteiger partial charge in [0.05, 0.1) is 0 Å². The lowest BCUT2D eigenvalue weighted by molar-refractivity contribution is 0.271. The van der Waals surface area contributed by atoms with Crippen molar-refractivity contribution in [3.8, 4) is 0 Å². The van der Waals surface area contributed by atoms with Gasteiger partial charge in [-0.1, -0.05) is 50.1 Å². The average molecular weight is 279 g/mol. The van der Waals surface area contributed by atoms with Gasteiger partial charge in [0.2, 0.25) is 0 Å². The molecule has 0 spiro atoms. The fourth-order valence-electron chi connectivity index (χ4n) is 2.07. The quantitative estimate of drug-likeness (QED) is 0.780. The van der Waals surface area contributed by atoms with E-state index in [9.17, 15) is 0 Å². The second-order valence-corrected chi connectivity index (χ2v) is 5.55. The monoisotopic (exact) mass is 279 g/mol. The van der Waals surface area contributed by atoms with E-state index < -0.39 is 0 Å². The molecule has 2 nitrogen and oxygen atoms in total. The molecule has 1 aromatic rings. The first-order valence-electron chi connectivity index (χ1n) is 7.18. The molecule has 1 aliphatic rings. The molecule has 19 heavy (non-hydrogen) atoms. The Balaban J connectivity index is 0.000000300. The highest BCUT2D eigenvalue weighted by Crippen LogP contribution is 2.24. The second kappa shape index (κ2) is 11.1. The van der Waals surface area contributed by atoms with Crippen LogP contribution < -0.4 is 0 Å². The normalized spacial score (nSPS) is 14.8. The van der Waals surface area contributed by atoms with E-state index in [-0.39, 0.29) is 0 Å². The highest BCUT2D eigenvalue weighted by atomic mass is 32.2. The summed E-state index contributed by atoms with van der Waals surface area (Å²) in [5, 5.41) is 9.00. The van der Waals surface area contributed by atoms with Crippen LogP contribution in [0, 0.1) is 0 Å². The number of benzene rings is 1. The number of aliphatic hydroxyl groups excluding tert-OH is 1. The van der Waals surface area contributed by atoms with E-state index in [1.54, 1.807) is 11.9 Å². The summed E-state index contributed by atoms with van der Waals surface area (Å²) in [4.78, 5) is 0. The summed E-state index contributed by atoms with van der Waals surface area (Å²) in [6.07, 6.45) is 7.69. The molecular weight excluding hydrogens is 254 g/mol. The Bertz CT molecular complexity index is 334. The third kappa shape index (κ3) is 7.38. The Morgan fingerprint density at radius 2 is 2.05 bits per heavy atom. The minimum Gasteiger partial charge on any atom is -0.396 e. The van der Waals surface area contributed by atoms with Crippen LogP contribution in [0.4, 0.5) is 0 Å². The van der Waals surface area contributed by atoms with Crippen LogP contribution in [0.1, 0.15) is 50.5 Å². The lowest BCUT2D eigenvalue weighted by atomic mass is 9.91. The maximum atomic E-state index is 9.00. The Morgan fingerprint density at radius 1 is 1.26 bits per heavy atom. The second-order valence-electron chi connectivity index (χ2n) is 4.67. The smallest absolute Gasteiger partial charge is 0.0436 e. The molecule has 3 heteroatoms. The van der Waals surface area contributed by atoms with Crippen LogP contribution >= 0.6 is 11.9 Å². The maximum Gasteiger partial charge on any atom is 0.0436 e. The molecule has 0 saturated carbocycles. The van der Waals surface area contributed by atoms with Gasteiger partial charge < -0.3 is 5.11 Å². The van der Waals surface area contributed by atoms with Crippen LogP contribution in [0.25, 0.3) is 0 Å². The first kappa shape index (κ1) is 16.3. The van der Waals surface area contributed by atoms with Crippen LogP contribution in [-0.4, -0.2) is 23.7 Å². The molecule has 2 rings (SSSR count). The highest BCUT2D eigenvalue weighted by Gasteiger charge is 2.09. The van der Waals surface area contributed by atoms with E-state index in [0.717, 1.165) is 6.42 Å². The van der Waals surface area contributed by atoms with E-state index >= 15 is 0 Å². The van der Waals surface area contributed by atoms with E-state index in [2.05, 4.69) is 35.6 Å². The fourth-order valence-corrected chi connectivity index (χ4v) is 2.60. The Kier molecular flexibility index (Phi) is 9.46. The van der Waals surface area contributed by atoms with Gasteiger partial charge in [0.1, 0.15) is 0 Å². The van der Waals surface area contributed by atoms with Crippen molar-refractivity contribution in [2.75, 3.05) is 12.4 Å². The maximum absolute atomic E-state index is 9.00. The SMILES string of the molecule is C1=NSCC1.CCCCC(CCO)c1ccccc1. The Labute approximate surface area is 121 Å². The van der Waals surface area contributed by atoms with Crippen molar-refractivity contribution in [2.45, 2.75) is 44.9 Å². The summed E-state index contributed by atoms with van der Waals surface area (Å²) in [5.74, 6) is 1.74. The Hall–Kier alpha value is -0.800. The highest BCUT2D eigenvalue weighted by molar-refractivity contribution is 7.98. The molecule has 1 aromatic carbocycles. The predicted octanol–water partition coefficient (Wildman–Crippen LogP) is 4.45.